The van der Waals surface area contributed by atoms with Crippen LogP contribution in [-0.4, -0.2) is 28.9 Å². The summed E-state index contributed by atoms with van der Waals surface area (Å²) in [5.74, 6) is -0.229. The lowest BCUT2D eigenvalue weighted by Crippen LogP contribution is -2.28. The van der Waals surface area contributed by atoms with Gasteiger partial charge in [-0.1, -0.05) is 140 Å². The molecule has 0 atom stereocenters. The Labute approximate surface area is 322 Å². The van der Waals surface area contributed by atoms with E-state index >= 15 is 0 Å². The second-order valence-electron chi connectivity index (χ2n) is 13.5. The van der Waals surface area contributed by atoms with Gasteiger partial charge in [-0.05, 0) is 56.1 Å². The summed E-state index contributed by atoms with van der Waals surface area (Å²) in [6, 6.07) is 48.4. The molecule has 0 radical (unpaired) electrons. The Bertz CT molecular complexity index is 3330. The summed E-state index contributed by atoms with van der Waals surface area (Å²) in [5, 5.41) is 6.38. The first-order valence-electron chi connectivity index (χ1n) is 17.8. The monoisotopic (exact) mass is 773 g/mol. The van der Waals surface area contributed by atoms with E-state index in [-0.39, 0.29) is 23.0 Å². The highest BCUT2D eigenvalue weighted by atomic mass is 32.2. The SMILES string of the molecule is O=S(=O)(Oc1cc2c3ccccc3c3ccccc3c2cc1-c1nc(-c2ccccc2)nc(-c2ccc(-c3cccc4c3oc3ccccc34)cc2)n1)C(F)(F)F. The van der Waals surface area contributed by atoms with Crippen LogP contribution in [-0.2, 0) is 10.1 Å². The fourth-order valence-electron chi connectivity index (χ4n) is 7.46. The molecule has 0 amide bonds. The number of rotatable bonds is 6. The van der Waals surface area contributed by atoms with Crippen LogP contribution in [0.1, 0.15) is 0 Å². The third kappa shape index (κ3) is 5.82. The molecule has 0 fully saturated rings. The summed E-state index contributed by atoms with van der Waals surface area (Å²) in [6.45, 7) is 0. The van der Waals surface area contributed by atoms with E-state index in [9.17, 15) is 21.6 Å². The van der Waals surface area contributed by atoms with Gasteiger partial charge in [0.05, 0.1) is 5.56 Å². The number of para-hydroxylation sites is 2. The molecule has 0 N–H and O–H groups in total. The van der Waals surface area contributed by atoms with Crippen molar-refractivity contribution in [3.8, 4) is 51.0 Å². The molecule has 0 unspecified atom stereocenters. The minimum Gasteiger partial charge on any atom is -0.455 e. The minimum atomic E-state index is -6.10. The van der Waals surface area contributed by atoms with Crippen molar-refractivity contribution in [2.75, 3.05) is 0 Å². The second kappa shape index (κ2) is 13.0. The van der Waals surface area contributed by atoms with Crippen molar-refractivity contribution in [2.45, 2.75) is 5.51 Å². The van der Waals surface area contributed by atoms with Gasteiger partial charge in [0, 0.05) is 27.5 Å². The fourth-order valence-corrected chi connectivity index (χ4v) is 7.92. The van der Waals surface area contributed by atoms with Gasteiger partial charge in [0.15, 0.2) is 23.2 Å². The number of halogens is 3. The van der Waals surface area contributed by atoms with Crippen LogP contribution in [0.2, 0.25) is 0 Å². The topological polar surface area (TPSA) is 95.2 Å². The lowest BCUT2D eigenvalue weighted by atomic mass is 9.93. The first kappa shape index (κ1) is 34.4. The summed E-state index contributed by atoms with van der Waals surface area (Å²) in [4.78, 5) is 14.3. The lowest BCUT2D eigenvalue weighted by Gasteiger charge is -2.17. The summed E-state index contributed by atoms with van der Waals surface area (Å²) in [5.41, 5.74) is -1.27. The summed E-state index contributed by atoms with van der Waals surface area (Å²) >= 11 is 0. The molecule has 0 aliphatic heterocycles. The molecule has 11 heteroatoms. The number of fused-ring (bicyclic) bond motifs is 9. The number of benzene rings is 8. The number of hydrogen-bond acceptors (Lipinski definition) is 7. The van der Waals surface area contributed by atoms with Crippen LogP contribution in [0.4, 0.5) is 13.2 Å². The maximum Gasteiger partial charge on any atom is 0.534 e. The van der Waals surface area contributed by atoms with Crippen LogP contribution >= 0.6 is 0 Å². The van der Waals surface area contributed by atoms with E-state index in [2.05, 4.69) is 0 Å². The van der Waals surface area contributed by atoms with Gasteiger partial charge in [-0.3, -0.25) is 0 Å². The Morgan fingerprint density at radius 1 is 0.456 bits per heavy atom. The lowest BCUT2D eigenvalue weighted by molar-refractivity contribution is -0.0499. The van der Waals surface area contributed by atoms with Gasteiger partial charge >= 0.3 is 15.6 Å². The first-order chi connectivity index (χ1) is 27.6. The van der Waals surface area contributed by atoms with Gasteiger partial charge in [-0.25, -0.2) is 15.0 Å². The van der Waals surface area contributed by atoms with Crippen LogP contribution in [0.3, 0.4) is 0 Å². The summed E-state index contributed by atoms with van der Waals surface area (Å²) in [6.07, 6.45) is 0. The van der Waals surface area contributed by atoms with Crippen molar-refractivity contribution in [2.24, 2.45) is 0 Å². The molecule has 10 rings (SSSR count). The predicted molar refractivity (Wildman–Crippen MR) is 217 cm³/mol. The fraction of sp³-hybridized carbons (Fsp3) is 0.0217. The van der Waals surface area contributed by atoms with Crippen LogP contribution in [0.5, 0.6) is 5.75 Å². The van der Waals surface area contributed by atoms with Crippen molar-refractivity contribution in [3.05, 3.63) is 158 Å². The molecule has 10 aromatic rings. The average molecular weight is 774 g/mol. The molecule has 2 aromatic heterocycles. The van der Waals surface area contributed by atoms with Crippen molar-refractivity contribution >= 4 is 64.4 Å². The highest BCUT2D eigenvalue weighted by Gasteiger charge is 2.49. The van der Waals surface area contributed by atoms with Crippen LogP contribution in [0.25, 0.3) is 99.5 Å². The van der Waals surface area contributed by atoms with Gasteiger partial charge < -0.3 is 8.60 Å². The van der Waals surface area contributed by atoms with Crippen LogP contribution in [0.15, 0.2) is 162 Å². The van der Waals surface area contributed by atoms with Crippen molar-refractivity contribution in [1.29, 1.82) is 0 Å². The van der Waals surface area contributed by atoms with E-state index in [0.29, 0.717) is 27.3 Å². The van der Waals surface area contributed by atoms with Gasteiger partial charge in [0.1, 0.15) is 11.2 Å². The predicted octanol–water partition coefficient (Wildman–Crippen LogP) is 12.1. The maximum absolute atomic E-state index is 13.9. The number of nitrogens with zero attached hydrogens (tertiary/aromatic N) is 3. The molecule has 7 nitrogen and oxygen atoms in total. The largest absolute Gasteiger partial charge is 0.534 e. The van der Waals surface area contributed by atoms with E-state index in [4.69, 9.17) is 23.6 Å². The van der Waals surface area contributed by atoms with Gasteiger partial charge in [0.25, 0.3) is 0 Å². The maximum atomic E-state index is 13.9. The third-order valence-electron chi connectivity index (χ3n) is 10.1. The van der Waals surface area contributed by atoms with Gasteiger partial charge in [-0.2, -0.15) is 21.6 Å². The van der Waals surface area contributed by atoms with E-state index in [1.54, 1.807) is 18.2 Å². The quantitative estimate of drug-likeness (QED) is 0.0943. The van der Waals surface area contributed by atoms with Crippen LogP contribution < -0.4 is 4.18 Å². The zero-order valence-electron chi connectivity index (χ0n) is 29.5. The number of furan rings is 1. The number of aromatic nitrogens is 3. The molecular formula is C46H26F3N3O4S. The molecule has 0 saturated heterocycles. The molecular weight excluding hydrogens is 748 g/mol. The number of alkyl halides is 3. The third-order valence-corrected chi connectivity index (χ3v) is 11.1. The molecule has 57 heavy (non-hydrogen) atoms. The Hall–Kier alpha value is -7.11. The van der Waals surface area contributed by atoms with Gasteiger partial charge in [0.2, 0.25) is 0 Å². The van der Waals surface area contributed by atoms with Crippen molar-refractivity contribution in [1.82, 2.24) is 15.0 Å². The molecule has 0 aliphatic carbocycles. The molecule has 2 heterocycles. The Kier molecular flexibility index (Phi) is 7.84. The van der Waals surface area contributed by atoms with Gasteiger partial charge in [-0.15, -0.1) is 0 Å². The Morgan fingerprint density at radius 2 is 0.947 bits per heavy atom. The zero-order chi connectivity index (χ0) is 38.9. The van der Waals surface area contributed by atoms with Crippen LogP contribution in [0, 0.1) is 0 Å². The summed E-state index contributed by atoms with van der Waals surface area (Å²) in [7, 11) is -6.10. The molecule has 0 saturated carbocycles. The van der Waals surface area contributed by atoms with E-state index in [1.807, 2.05) is 133 Å². The smallest absolute Gasteiger partial charge is 0.455 e. The van der Waals surface area contributed by atoms with Crippen molar-refractivity contribution < 1.29 is 30.2 Å². The molecule has 8 aromatic carbocycles. The Balaban J connectivity index is 1.19. The van der Waals surface area contributed by atoms with E-state index in [0.717, 1.165) is 49.2 Å². The number of hydrogen-bond donors (Lipinski definition) is 0. The zero-order valence-corrected chi connectivity index (χ0v) is 30.3. The average Bonchev–Trinajstić information content (AvgIpc) is 3.62. The molecule has 0 aliphatic rings. The Morgan fingerprint density at radius 3 is 1.58 bits per heavy atom. The highest BCUT2D eigenvalue weighted by molar-refractivity contribution is 7.88. The van der Waals surface area contributed by atoms with E-state index < -0.39 is 21.4 Å². The standard InChI is InChI=1S/C46H26F3N3O4S/c47-46(48,49)57(53,54)56-41-26-38-34-16-7-5-14-32(34)31-13-4-6-15-33(31)37(38)25-39(41)45-51-43(28-11-2-1-3-12-28)50-44(52-45)29-23-21-27(22-24-29)30-18-10-19-36-35-17-8-9-20-40(35)55-42(30)36/h1-26H. The molecule has 0 bridgehead atoms. The minimum absolute atomic E-state index is 0.0650. The normalized spacial score (nSPS) is 12.3. The highest BCUT2D eigenvalue weighted by Crippen LogP contribution is 2.43. The molecule has 276 valence electrons. The summed E-state index contributed by atoms with van der Waals surface area (Å²) < 4.78 is 78.4. The van der Waals surface area contributed by atoms with E-state index in [1.165, 1.54) is 6.07 Å². The van der Waals surface area contributed by atoms with Crippen molar-refractivity contribution in [3.63, 3.8) is 0 Å². The molecule has 0 spiro atoms. The first-order valence-corrected chi connectivity index (χ1v) is 19.2. The second-order valence-corrected chi connectivity index (χ2v) is 15.0.